The number of amides is 1. The van der Waals surface area contributed by atoms with Crippen molar-refractivity contribution in [3.05, 3.63) is 35.9 Å². The highest BCUT2D eigenvalue weighted by molar-refractivity contribution is 6.03. The molecule has 0 aromatic carbocycles. The highest BCUT2D eigenvalue weighted by Gasteiger charge is 2.30. The number of nitrogens with zero attached hydrogens (tertiary/aromatic N) is 6. The molecule has 0 aliphatic heterocycles. The average molecular weight is 548 g/mol. The first-order chi connectivity index (χ1) is 19.2. The lowest BCUT2D eigenvalue weighted by atomic mass is 9.80. The first kappa shape index (κ1) is 27.8. The molecule has 11 heteroatoms. The highest BCUT2D eigenvalue weighted by Crippen LogP contribution is 2.36. The van der Waals surface area contributed by atoms with Crippen molar-refractivity contribution < 1.29 is 9.90 Å². The summed E-state index contributed by atoms with van der Waals surface area (Å²) >= 11 is 0. The summed E-state index contributed by atoms with van der Waals surface area (Å²) in [4.78, 5) is 32.3. The van der Waals surface area contributed by atoms with Gasteiger partial charge in [0.25, 0.3) is 0 Å². The molecule has 3 heterocycles. The van der Waals surface area contributed by atoms with Crippen LogP contribution in [0.25, 0.3) is 11.2 Å². The molecule has 11 nitrogen and oxygen atoms in total. The van der Waals surface area contributed by atoms with E-state index in [0.717, 1.165) is 42.5 Å². The van der Waals surface area contributed by atoms with Gasteiger partial charge in [0.15, 0.2) is 23.1 Å². The summed E-state index contributed by atoms with van der Waals surface area (Å²) in [5.41, 5.74) is 2.18. The van der Waals surface area contributed by atoms with Crippen molar-refractivity contribution in [3.8, 4) is 0 Å². The molecule has 5 rings (SSSR count). The number of carboxylic acid groups (broad SMARTS) is 1. The zero-order chi connectivity index (χ0) is 28.4. The van der Waals surface area contributed by atoms with Crippen LogP contribution in [-0.4, -0.2) is 54.6 Å². The second-order valence-corrected chi connectivity index (χ2v) is 11.7. The summed E-state index contributed by atoms with van der Waals surface area (Å²) in [5, 5.41) is 23.2. The zero-order valence-electron chi connectivity index (χ0n) is 23.9. The minimum atomic E-state index is -1.33. The van der Waals surface area contributed by atoms with Gasteiger partial charge in [0.2, 0.25) is 5.95 Å². The van der Waals surface area contributed by atoms with Crippen LogP contribution in [0.5, 0.6) is 0 Å². The van der Waals surface area contributed by atoms with Gasteiger partial charge in [-0.3, -0.25) is 15.7 Å². The fourth-order valence-corrected chi connectivity index (χ4v) is 5.88. The smallest absolute Gasteiger partial charge is 0.410 e. The number of fused-ring (bicyclic) bond motifs is 1. The van der Waals surface area contributed by atoms with Crippen LogP contribution in [0.15, 0.2) is 24.4 Å². The van der Waals surface area contributed by atoms with Crippen molar-refractivity contribution in [1.29, 1.82) is 5.41 Å². The zero-order valence-corrected chi connectivity index (χ0v) is 23.9. The Bertz CT molecular complexity index is 1350. The van der Waals surface area contributed by atoms with Crippen molar-refractivity contribution in [2.75, 3.05) is 17.3 Å². The van der Waals surface area contributed by atoms with E-state index in [2.05, 4.69) is 50.8 Å². The molecule has 214 valence electrons. The minimum Gasteiger partial charge on any atom is -0.465 e. The van der Waals surface area contributed by atoms with Gasteiger partial charge in [0.1, 0.15) is 5.52 Å². The molecule has 2 fully saturated rings. The van der Waals surface area contributed by atoms with Crippen LogP contribution in [0.1, 0.15) is 83.3 Å². The average Bonchev–Trinajstić information content (AvgIpc) is 3.26. The number of pyridine rings is 1. The summed E-state index contributed by atoms with van der Waals surface area (Å²) in [6.45, 7) is 7.39. The van der Waals surface area contributed by atoms with Gasteiger partial charge < -0.3 is 19.9 Å². The van der Waals surface area contributed by atoms with Gasteiger partial charge >= 0.3 is 6.09 Å². The number of aromatic nitrogens is 5. The minimum absolute atomic E-state index is 0.00123. The van der Waals surface area contributed by atoms with Gasteiger partial charge in [0.05, 0.1) is 11.7 Å². The normalized spacial score (nSPS) is 20.9. The number of imidazole rings is 1. The lowest BCUT2D eigenvalue weighted by Gasteiger charge is -2.33. The first-order valence-corrected chi connectivity index (χ1v) is 14.5. The van der Waals surface area contributed by atoms with Crippen LogP contribution >= 0.6 is 0 Å². The molecule has 0 spiro atoms. The molecule has 1 unspecified atom stereocenters. The van der Waals surface area contributed by atoms with Crippen molar-refractivity contribution >= 4 is 34.9 Å². The maximum Gasteiger partial charge on any atom is 0.410 e. The number of rotatable bonds is 9. The fraction of sp³-hybridized carbons (Fsp3) is 0.586. The predicted molar refractivity (Wildman–Crippen MR) is 156 cm³/mol. The monoisotopic (exact) mass is 547 g/mol. The number of nitrogens with one attached hydrogen (secondary N) is 3. The number of amidine groups is 1. The molecule has 2 aliphatic rings. The Balaban J connectivity index is 1.62. The number of anilines is 2. The maximum atomic E-state index is 11.3. The Hall–Kier alpha value is -3.76. The van der Waals surface area contributed by atoms with Gasteiger partial charge in [-0.1, -0.05) is 32.3 Å². The Morgan fingerprint density at radius 2 is 1.90 bits per heavy atom. The summed E-state index contributed by atoms with van der Waals surface area (Å²) in [6, 6.07) is 6.04. The van der Waals surface area contributed by atoms with E-state index in [1.807, 2.05) is 25.2 Å². The van der Waals surface area contributed by atoms with E-state index in [1.54, 1.807) is 6.20 Å². The van der Waals surface area contributed by atoms with Crippen molar-refractivity contribution in [3.63, 3.8) is 0 Å². The quantitative estimate of drug-likeness (QED) is 0.205. The first-order valence-electron chi connectivity index (χ1n) is 14.5. The van der Waals surface area contributed by atoms with Crippen LogP contribution < -0.4 is 15.5 Å². The molecular weight excluding hydrogens is 506 g/mol. The van der Waals surface area contributed by atoms with E-state index >= 15 is 0 Å². The molecule has 1 amide bonds. The second-order valence-electron chi connectivity index (χ2n) is 11.7. The van der Waals surface area contributed by atoms with Gasteiger partial charge in [0, 0.05) is 25.8 Å². The van der Waals surface area contributed by atoms with Gasteiger partial charge in [-0.25, -0.2) is 14.8 Å². The standard InChI is InChI=1S/C29H41N9O2/c1-17-11-13-20(14-12-17)16-38-23-25(32-18(2)21-8-7-9-21)34-27(24(30)33-29(39)40)35-26(23)36-28(38)37(4)19(3)22-10-5-6-15-31-22/h5-6,10,15,17-21H,7-9,11-14,16H2,1-4H3,(H2,30,33)(H,39,40)(H,32,34,35)/t17?,18-,19?,20?/m1/s1. The van der Waals surface area contributed by atoms with Crippen LogP contribution in [0.2, 0.25) is 0 Å². The molecule has 3 aromatic heterocycles. The molecule has 2 saturated carbocycles. The second kappa shape index (κ2) is 11.8. The Morgan fingerprint density at radius 1 is 1.15 bits per heavy atom. The third-order valence-corrected chi connectivity index (χ3v) is 8.85. The van der Waals surface area contributed by atoms with Gasteiger partial charge in [-0.05, 0) is 69.4 Å². The van der Waals surface area contributed by atoms with Crippen LogP contribution in [0, 0.1) is 23.2 Å². The van der Waals surface area contributed by atoms with Crippen molar-refractivity contribution in [1.82, 2.24) is 29.8 Å². The lowest BCUT2D eigenvalue weighted by molar-refractivity contribution is 0.200. The third kappa shape index (κ3) is 5.88. The molecular formula is C29H41N9O2. The summed E-state index contributed by atoms with van der Waals surface area (Å²) in [5.74, 6) is 2.79. The fourth-order valence-electron chi connectivity index (χ4n) is 5.88. The number of carbonyl (C=O) groups is 1. The van der Waals surface area contributed by atoms with E-state index in [9.17, 15) is 9.90 Å². The van der Waals surface area contributed by atoms with Crippen molar-refractivity contribution in [2.45, 2.75) is 84.3 Å². The predicted octanol–water partition coefficient (Wildman–Crippen LogP) is 5.44. The molecule has 0 radical (unpaired) electrons. The number of hydrogen-bond acceptors (Lipinski definition) is 8. The molecule has 0 saturated heterocycles. The maximum absolute atomic E-state index is 11.3. The van der Waals surface area contributed by atoms with E-state index in [-0.39, 0.29) is 23.7 Å². The lowest BCUT2D eigenvalue weighted by Crippen LogP contribution is -2.33. The van der Waals surface area contributed by atoms with Gasteiger partial charge in [-0.2, -0.15) is 4.98 Å². The third-order valence-electron chi connectivity index (χ3n) is 8.85. The van der Waals surface area contributed by atoms with E-state index in [0.29, 0.717) is 23.3 Å². The molecule has 40 heavy (non-hydrogen) atoms. The molecule has 3 aromatic rings. The molecule has 2 aliphatic carbocycles. The van der Waals surface area contributed by atoms with Crippen molar-refractivity contribution in [2.24, 2.45) is 17.8 Å². The SMILES string of the molecule is CC1CCC(Cn2c(N(C)C(C)c3ccccn3)nc3nc(C(=N)NC(=O)O)nc(N[C@H](C)C4CCC4)c32)CC1. The molecule has 0 bridgehead atoms. The van der Waals surface area contributed by atoms with Crippen LogP contribution in [0.4, 0.5) is 16.6 Å². The Kier molecular flexibility index (Phi) is 8.18. The highest BCUT2D eigenvalue weighted by atomic mass is 16.4. The summed E-state index contributed by atoms with van der Waals surface area (Å²) in [6.07, 6.45) is 8.79. The van der Waals surface area contributed by atoms with Crippen LogP contribution in [-0.2, 0) is 6.54 Å². The topological polar surface area (TPSA) is 145 Å². The summed E-state index contributed by atoms with van der Waals surface area (Å²) in [7, 11) is 2.02. The van der Waals surface area contributed by atoms with Crippen LogP contribution in [0.3, 0.4) is 0 Å². The largest absolute Gasteiger partial charge is 0.465 e. The van der Waals surface area contributed by atoms with E-state index < -0.39 is 6.09 Å². The Labute approximate surface area is 235 Å². The number of hydrogen-bond donors (Lipinski definition) is 4. The Morgan fingerprint density at radius 3 is 2.52 bits per heavy atom. The van der Waals surface area contributed by atoms with Gasteiger partial charge in [-0.15, -0.1) is 0 Å². The molecule has 4 N–H and O–H groups in total. The summed E-state index contributed by atoms with van der Waals surface area (Å²) < 4.78 is 2.24. The van der Waals surface area contributed by atoms with E-state index in [4.69, 9.17) is 15.4 Å². The molecule has 2 atom stereocenters. The van der Waals surface area contributed by atoms with E-state index in [1.165, 1.54) is 32.1 Å².